The Bertz CT molecular complexity index is 338. The van der Waals surface area contributed by atoms with Crippen molar-refractivity contribution < 1.29 is 13.2 Å². The zero-order chi connectivity index (χ0) is 11.2. The molecule has 0 aromatic carbocycles. The van der Waals surface area contributed by atoms with Gasteiger partial charge in [-0.25, -0.2) is 0 Å². The summed E-state index contributed by atoms with van der Waals surface area (Å²) < 4.78 is 39.1. The lowest BCUT2D eigenvalue weighted by molar-refractivity contribution is -0.198. The lowest BCUT2D eigenvalue weighted by atomic mass is 9.67. The molecule has 0 nitrogen and oxygen atoms in total. The normalized spacial score (nSPS) is 58.3. The van der Waals surface area contributed by atoms with Gasteiger partial charge >= 0.3 is 6.18 Å². The Kier molecular flexibility index (Phi) is 1.51. The van der Waals surface area contributed by atoms with Crippen LogP contribution in [0.15, 0.2) is 0 Å². The Morgan fingerprint density at radius 1 is 0.938 bits per heavy atom. The molecule has 0 spiro atoms. The standard InChI is InChI=1S/C13H17F3/c14-13(15,16)10-5-8-3-1-2-4-9(8)11-6-12(10,11)7-11/h8-10H,1-7H2. The summed E-state index contributed by atoms with van der Waals surface area (Å²) in [6, 6.07) is 0. The molecule has 0 amide bonds. The number of hydrogen-bond acceptors (Lipinski definition) is 0. The molecular formula is C13H17F3. The first-order chi connectivity index (χ1) is 7.50. The maximum absolute atomic E-state index is 13.0. The van der Waals surface area contributed by atoms with Crippen molar-refractivity contribution in [2.75, 3.05) is 0 Å². The second-order valence-corrected chi connectivity index (χ2v) is 6.65. The molecule has 0 bridgehead atoms. The van der Waals surface area contributed by atoms with Crippen LogP contribution in [0, 0.1) is 28.6 Å². The molecule has 4 saturated carbocycles. The molecule has 4 aliphatic rings. The van der Waals surface area contributed by atoms with Crippen LogP contribution in [0.1, 0.15) is 44.9 Å². The summed E-state index contributed by atoms with van der Waals surface area (Å²) in [5, 5.41) is 0. The molecule has 4 aliphatic carbocycles. The van der Waals surface area contributed by atoms with E-state index in [-0.39, 0.29) is 10.8 Å². The Balaban J connectivity index is 1.67. The maximum atomic E-state index is 13.0. The minimum atomic E-state index is -3.93. The van der Waals surface area contributed by atoms with Crippen molar-refractivity contribution in [2.45, 2.75) is 51.1 Å². The van der Waals surface area contributed by atoms with Gasteiger partial charge in [-0.2, -0.15) is 13.2 Å². The zero-order valence-electron chi connectivity index (χ0n) is 9.32. The van der Waals surface area contributed by atoms with Crippen LogP contribution in [-0.2, 0) is 0 Å². The van der Waals surface area contributed by atoms with Crippen molar-refractivity contribution >= 4 is 0 Å². The summed E-state index contributed by atoms with van der Waals surface area (Å²) in [7, 11) is 0. The van der Waals surface area contributed by atoms with Crippen molar-refractivity contribution in [2.24, 2.45) is 28.6 Å². The van der Waals surface area contributed by atoms with Gasteiger partial charge in [0.25, 0.3) is 0 Å². The summed E-state index contributed by atoms with van der Waals surface area (Å²) in [6.07, 6.45) is 3.05. The second kappa shape index (κ2) is 2.46. The van der Waals surface area contributed by atoms with E-state index in [0.717, 1.165) is 25.7 Å². The van der Waals surface area contributed by atoms with Gasteiger partial charge in [-0.05, 0) is 48.3 Å². The van der Waals surface area contributed by atoms with Gasteiger partial charge in [0.15, 0.2) is 0 Å². The predicted molar refractivity (Wildman–Crippen MR) is 53.7 cm³/mol. The SMILES string of the molecule is FC(F)(F)C1CC2CCCCC2C23CC12C3. The highest BCUT2D eigenvalue weighted by Crippen LogP contribution is 2.96. The molecule has 0 aliphatic heterocycles. The number of alkyl halides is 3. The molecule has 4 rings (SSSR count). The molecule has 4 fully saturated rings. The fraction of sp³-hybridized carbons (Fsp3) is 1.00. The van der Waals surface area contributed by atoms with Crippen LogP contribution >= 0.6 is 0 Å². The van der Waals surface area contributed by atoms with E-state index in [4.69, 9.17) is 0 Å². The summed E-state index contributed by atoms with van der Waals surface area (Å²) in [6.45, 7) is 0. The van der Waals surface area contributed by atoms with E-state index in [9.17, 15) is 13.2 Å². The second-order valence-electron chi connectivity index (χ2n) is 6.65. The number of hydrogen-bond donors (Lipinski definition) is 0. The minimum absolute atomic E-state index is 0.191. The number of fused-ring (bicyclic) bond motifs is 1. The van der Waals surface area contributed by atoms with E-state index >= 15 is 0 Å². The Hall–Kier alpha value is -0.210. The third-order valence-corrected chi connectivity index (χ3v) is 6.22. The fourth-order valence-electron chi connectivity index (χ4n) is 5.40. The molecule has 3 unspecified atom stereocenters. The van der Waals surface area contributed by atoms with E-state index in [1.54, 1.807) is 0 Å². The molecular weight excluding hydrogens is 213 g/mol. The highest BCUT2D eigenvalue weighted by atomic mass is 19.4. The van der Waals surface area contributed by atoms with E-state index in [0.29, 0.717) is 18.3 Å². The van der Waals surface area contributed by atoms with Crippen LogP contribution in [-0.4, -0.2) is 6.18 Å². The zero-order valence-corrected chi connectivity index (χ0v) is 9.32. The highest BCUT2D eigenvalue weighted by molar-refractivity contribution is 5.37. The van der Waals surface area contributed by atoms with E-state index < -0.39 is 12.1 Å². The summed E-state index contributed by atoms with van der Waals surface area (Å²) in [5.74, 6) is 0.123. The first-order valence-electron chi connectivity index (χ1n) is 6.56. The lowest BCUT2D eigenvalue weighted by Crippen LogP contribution is -2.36. The molecule has 0 heterocycles. The van der Waals surface area contributed by atoms with Gasteiger partial charge in [0, 0.05) is 0 Å². The van der Waals surface area contributed by atoms with Crippen molar-refractivity contribution in [1.82, 2.24) is 0 Å². The van der Waals surface area contributed by atoms with Crippen molar-refractivity contribution in [3.05, 3.63) is 0 Å². The largest absolute Gasteiger partial charge is 0.392 e. The molecule has 3 atom stereocenters. The van der Waals surface area contributed by atoms with Crippen LogP contribution in [0.4, 0.5) is 13.2 Å². The topological polar surface area (TPSA) is 0 Å². The van der Waals surface area contributed by atoms with E-state index in [1.165, 1.54) is 12.8 Å². The smallest absolute Gasteiger partial charge is 0.171 e. The average Bonchev–Trinajstić information content (AvgIpc) is 3.00. The highest BCUT2D eigenvalue weighted by Gasteiger charge is 2.91. The molecule has 0 aromatic rings. The summed E-state index contributed by atoms with van der Waals surface area (Å²) in [4.78, 5) is 0. The van der Waals surface area contributed by atoms with Gasteiger partial charge in [-0.3, -0.25) is 0 Å². The van der Waals surface area contributed by atoms with Crippen molar-refractivity contribution in [3.63, 3.8) is 0 Å². The lowest BCUT2D eigenvalue weighted by Gasteiger charge is -2.39. The van der Waals surface area contributed by atoms with E-state index in [1.807, 2.05) is 0 Å². The van der Waals surface area contributed by atoms with E-state index in [2.05, 4.69) is 0 Å². The first kappa shape index (κ1) is 9.78. The monoisotopic (exact) mass is 230 g/mol. The molecule has 3 heteroatoms. The minimum Gasteiger partial charge on any atom is -0.171 e. The summed E-state index contributed by atoms with van der Waals surface area (Å²) >= 11 is 0. The Morgan fingerprint density at radius 2 is 1.62 bits per heavy atom. The maximum Gasteiger partial charge on any atom is 0.392 e. The first-order valence-corrected chi connectivity index (χ1v) is 6.56. The quantitative estimate of drug-likeness (QED) is 0.586. The molecule has 0 saturated heterocycles. The van der Waals surface area contributed by atoms with Gasteiger partial charge in [0.1, 0.15) is 0 Å². The molecule has 0 aromatic heterocycles. The third kappa shape index (κ3) is 0.910. The Morgan fingerprint density at radius 3 is 2.31 bits per heavy atom. The van der Waals surface area contributed by atoms with Crippen LogP contribution in [0.2, 0.25) is 0 Å². The van der Waals surface area contributed by atoms with Crippen LogP contribution < -0.4 is 0 Å². The van der Waals surface area contributed by atoms with Gasteiger partial charge < -0.3 is 0 Å². The Labute approximate surface area is 93.6 Å². The van der Waals surface area contributed by atoms with Crippen LogP contribution in [0.5, 0.6) is 0 Å². The third-order valence-electron chi connectivity index (χ3n) is 6.22. The van der Waals surface area contributed by atoms with Gasteiger partial charge in [0.05, 0.1) is 5.92 Å². The average molecular weight is 230 g/mol. The molecule has 0 N–H and O–H groups in total. The number of rotatable bonds is 0. The van der Waals surface area contributed by atoms with Crippen molar-refractivity contribution in [1.29, 1.82) is 0 Å². The van der Waals surface area contributed by atoms with Gasteiger partial charge in [-0.1, -0.05) is 19.3 Å². The van der Waals surface area contributed by atoms with Gasteiger partial charge in [-0.15, -0.1) is 0 Å². The molecule has 16 heavy (non-hydrogen) atoms. The molecule has 90 valence electrons. The fourth-order valence-corrected chi connectivity index (χ4v) is 5.40. The van der Waals surface area contributed by atoms with Crippen LogP contribution in [0.25, 0.3) is 0 Å². The van der Waals surface area contributed by atoms with Crippen molar-refractivity contribution in [3.8, 4) is 0 Å². The number of halogens is 3. The van der Waals surface area contributed by atoms with Gasteiger partial charge in [0.2, 0.25) is 0 Å². The molecule has 0 radical (unpaired) electrons. The predicted octanol–water partition coefficient (Wildman–Crippen LogP) is 4.16. The summed E-state index contributed by atoms with van der Waals surface area (Å²) in [5.41, 5.74) is -0.0553. The van der Waals surface area contributed by atoms with Crippen LogP contribution in [0.3, 0.4) is 0 Å².